The second-order valence-corrected chi connectivity index (χ2v) is 9.55. The van der Waals surface area contributed by atoms with E-state index in [0.717, 1.165) is 36.8 Å². The molecule has 2 aliphatic rings. The van der Waals surface area contributed by atoms with Crippen molar-refractivity contribution >= 4 is 18.0 Å². The van der Waals surface area contributed by atoms with E-state index in [1.807, 2.05) is 24.3 Å². The van der Waals surface area contributed by atoms with Crippen molar-refractivity contribution in [1.29, 1.82) is 0 Å². The second-order valence-electron chi connectivity index (χ2n) is 9.55. The fourth-order valence-electron chi connectivity index (χ4n) is 5.34. The summed E-state index contributed by atoms with van der Waals surface area (Å²) in [5.41, 5.74) is 3.68. The van der Waals surface area contributed by atoms with Gasteiger partial charge in [0.15, 0.2) is 0 Å². The molecule has 4 rings (SSSR count). The maximum Gasteiger partial charge on any atom is 0.408 e. The Bertz CT molecular complexity index is 1020. The zero-order chi connectivity index (χ0) is 24.7. The number of amides is 2. The number of rotatable bonds is 10. The molecule has 2 aromatic rings. The first-order chi connectivity index (χ1) is 17.0. The fraction of sp³-hybridized carbons (Fsp3) is 0.464. The fourth-order valence-corrected chi connectivity index (χ4v) is 5.34. The molecule has 0 atom stereocenters. The van der Waals surface area contributed by atoms with Crippen LogP contribution in [0, 0.1) is 0 Å². The van der Waals surface area contributed by atoms with Crippen LogP contribution in [0.2, 0.25) is 0 Å². The van der Waals surface area contributed by atoms with Crippen LogP contribution in [0.4, 0.5) is 4.79 Å². The topological polar surface area (TPSA) is 105 Å². The Labute approximate surface area is 206 Å². The smallest absolute Gasteiger partial charge is 0.408 e. The summed E-state index contributed by atoms with van der Waals surface area (Å²) in [6, 6.07) is 16.4. The normalized spacial score (nSPS) is 16.1. The average molecular weight is 479 g/mol. The highest BCUT2D eigenvalue weighted by Crippen LogP contribution is 2.44. The third kappa shape index (κ3) is 5.84. The summed E-state index contributed by atoms with van der Waals surface area (Å²) < 4.78 is 5.71. The number of aliphatic carboxylic acids is 1. The van der Waals surface area contributed by atoms with Crippen molar-refractivity contribution in [3.8, 4) is 11.1 Å². The molecule has 0 saturated heterocycles. The number of hydrogen-bond acceptors (Lipinski definition) is 4. The van der Waals surface area contributed by atoms with E-state index in [4.69, 9.17) is 9.84 Å². The Morgan fingerprint density at radius 1 is 0.886 bits per heavy atom. The van der Waals surface area contributed by atoms with Crippen molar-refractivity contribution < 1.29 is 24.2 Å². The Morgan fingerprint density at radius 2 is 1.51 bits per heavy atom. The van der Waals surface area contributed by atoms with Crippen molar-refractivity contribution in [2.75, 3.05) is 13.2 Å². The molecule has 0 aromatic heterocycles. The minimum atomic E-state index is -0.956. The van der Waals surface area contributed by atoms with Crippen LogP contribution in [0.25, 0.3) is 11.1 Å². The van der Waals surface area contributed by atoms with Gasteiger partial charge in [-0.2, -0.15) is 0 Å². The largest absolute Gasteiger partial charge is 0.481 e. The van der Waals surface area contributed by atoms with Crippen LogP contribution in [0.15, 0.2) is 48.5 Å². The summed E-state index contributed by atoms with van der Waals surface area (Å²) in [4.78, 5) is 36.6. The first kappa shape index (κ1) is 24.8. The first-order valence-corrected chi connectivity index (χ1v) is 12.6. The Balaban J connectivity index is 1.34. The number of carboxylic acids is 1. The molecule has 3 N–H and O–H groups in total. The number of ether oxygens (including phenoxy) is 1. The molecule has 0 radical (unpaired) electrons. The van der Waals surface area contributed by atoms with Crippen LogP contribution in [0.3, 0.4) is 0 Å². The van der Waals surface area contributed by atoms with Crippen molar-refractivity contribution in [2.45, 2.75) is 69.2 Å². The molecule has 7 nitrogen and oxygen atoms in total. The van der Waals surface area contributed by atoms with Gasteiger partial charge in [-0.3, -0.25) is 9.59 Å². The van der Waals surface area contributed by atoms with E-state index < -0.39 is 17.6 Å². The molecule has 35 heavy (non-hydrogen) atoms. The molecule has 0 spiro atoms. The van der Waals surface area contributed by atoms with Gasteiger partial charge in [0.2, 0.25) is 5.91 Å². The lowest BCUT2D eigenvalue weighted by molar-refractivity contribution is -0.137. The van der Waals surface area contributed by atoms with Crippen LogP contribution in [0.5, 0.6) is 0 Å². The van der Waals surface area contributed by atoms with E-state index in [1.54, 1.807) is 0 Å². The quantitative estimate of drug-likeness (QED) is 0.417. The predicted octanol–water partition coefficient (Wildman–Crippen LogP) is 4.99. The van der Waals surface area contributed by atoms with Crippen LogP contribution in [0.1, 0.15) is 74.8 Å². The van der Waals surface area contributed by atoms with Gasteiger partial charge in [-0.1, -0.05) is 74.2 Å². The molecule has 2 amide bonds. The van der Waals surface area contributed by atoms with Crippen LogP contribution in [-0.4, -0.2) is 41.8 Å². The number of benzene rings is 2. The number of carbonyl (C=O) groups excluding carboxylic acids is 2. The number of alkyl carbamates (subject to hydrolysis) is 1. The molecule has 1 saturated carbocycles. The maximum atomic E-state index is 13.1. The Hall–Kier alpha value is -3.35. The van der Waals surface area contributed by atoms with Crippen molar-refractivity contribution in [2.24, 2.45) is 0 Å². The summed E-state index contributed by atoms with van der Waals surface area (Å²) in [5, 5.41) is 14.6. The zero-order valence-electron chi connectivity index (χ0n) is 20.1. The molecule has 0 aliphatic heterocycles. The molecule has 1 fully saturated rings. The van der Waals surface area contributed by atoms with Gasteiger partial charge in [-0.05, 0) is 47.9 Å². The highest BCUT2D eigenvalue weighted by atomic mass is 16.5. The molecule has 0 bridgehead atoms. The molecular weight excluding hydrogens is 444 g/mol. The van der Waals surface area contributed by atoms with Crippen LogP contribution in [-0.2, 0) is 14.3 Å². The molecule has 186 valence electrons. The van der Waals surface area contributed by atoms with Crippen LogP contribution >= 0.6 is 0 Å². The minimum Gasteiger partial charge on any atom is -0.481 e. The number of carbonyl (C=O) groups is 3. The number of carboxylic acid groups (broad SMARTS) is 1. The molecule has 0 heterocycles. The third-order valence-corrected chi connectivity index (χ3v) is 7.18. The number of unbranched alkanes of at least 4 members (excludes halogenated alkanes) is 2. The second kappa shape index (κ2) is 11.4. The van der Waals surface area contributed by atoms with Crippen molar-refractivity contribution in [3.05, 3.63) is 59.7 Å². The molecule has 2 aromatic carbocycles. The summed E-state index contributed by atoms with van der Waals surface area (Å²) in [7, 11) is 0. The van der Waals surface area contributed by atoms with Gasteiger partial charge in [0.1, 0.15) is 12.1 Å². The SMILES string of the molecule is O=C(O)CCCCCNC(=O)C1(NC(=O)OCC2c3ccccc3-c3ccccc32)CCCCC1. The van der Waals surface area contributed by atoms with E-state index in [1.165, 1.54) is 11.1 Å². The number of fused-ring (bicyclic) bond motifs is 3. The molecular formula is C28H34N2O5. The summed E-state index contributed by atoms with van der Waals surface area (Å²) in [6.07, 6.45) is 5.56. The number of nitrogens with one attached hydrogen (secondary N) is 2. The van der Waals surface area contributed by atoms with E-state index in [-0.39, 0.29) is 24.9 Å². The lowest BCUT2D eigenvalue weighted by Crippen LogP contribution is -2.60. The third-order valence-electron chi connectivity index (χ3n) is 7.18. The maximum absolute atomic E-state index is 13.1. The molecule has 7 heteroatoms. The van der Waals surface area contributed by atoms with Crippen molar-refractivity contribution in [1.82, 2.24) is 10.6 Å². The average Bonchev–Trinajstić information content (AvgIpc) is 3.19. The monoisotopic (exact) mass is 478 g/mol. The summed E-state index contributed by atoms with van der Waals surface area (Å²) in [5.74, 6) is -1.01. The first-order valence-electron chi connectivity index (χ1n) is 12.6. The van der Waals surface area contributed by atoms with E-state index in [0.29, 0.717) is 32.2 Å². The molecule has 0 unspecified atom stereocenters. The van der Waals surface area contributed by atoms with Gasteiger partial charge in [-0.25, -0.2) is 4.79 Å². The van der Waals surface area contributed by atoms with E-state index in [9.17, 15) is 14.4 Å². The van der Waals surface area contributed by atoms with Gasteiger partial charge in [0.05, 0.1) is 0 Å². The lowest BCUT2D eigenvalue weighted by atomic mass is 9.81. The van der Waals surface area contributed by atoms with Gasteiger partial charge in [-0.15, -0.1) is 0 Å². The van der Waals surface area contributed by atoms with Crippen molar-refractivity contribution in [3.63, 3.8) is 0 Å². The molecule has 2 aliphatic carbocycles. The highest BCUT2D eigenvalue weighted by Gasteiger charge is 2.41. The van der Waals surface area contributed by atoms with Gasteiger partial charge in [0.25, 0.3) is 0 Å². The van der Waals surface area contributed by atoms with Gasteiger partial charge < -0.3 is 20.5 Å². The Kier molecular flexibility index (Phi) is 8.06. The predicted molar refractivity (Wildman–Crippen MR) is 133 cm³/mol. The summed E-state index contributed by atoms with van der Waals surface area (Å²) in [6.45, 7) is 0.674. The lowest BCUT2D eigenvalue weighted by Gasteiger charge is -2.36. The standard InChI is InChI=1S/C28H34N2O5/c31-25(32)15-3-1-10-18-29-26(33)28(16-8-2-9-17-28)30-27(34)35-19-24-22-13-6-4-11-20(22)21-12-5-7-14-23(21)24/h4-7,11-14,24H,1-3,8-10,15-19H2,(H,29,33)(H,30,34)(H,31,32). The number of hydrogen-bond donors (Lipinski definition) is 3. The van der Waals surface area contributed by atoms with Gasteiger partial charge >= 0.3 is 12.1 Å². The zero-order valence-corrected chi connectivity index (χ0v) is 20.1. The van der Waals surface area contributed by atoms with Crippen LogP contribution < -0.4 is 10.6 Å². The van der Waals surface area contributed by atoms with Gasteiger partial charge in [0, 0.05) is 18.9 Å². The summed E-state index contributed by atoms with van der Waals surface area (Å²) >= 11 is 0. The van der Waals surface area contributed by atoms with E-state index >= 15 is 0 Å². The highest BCUT2D eigenvalue weighted by molar-refractivity contribution is 5.90. The Morgan fingerprint density at radius 3 is 2.14 bits per heavy atom. The van der Waals surface area contributed by atoms with E-state index in [2.05, 4.69) is 34.9 Å². The minimum absolute atomic E-state index is 0.0323.